The number of amides is 2. The van der Waals surface area contributed by atoms with Crippen LogP contribution in [0.5, 0.6) is 0 Å². The van der Waals surface area contributed by atoms with Crippen molar-refractivity contribution in [3.8, 4) is 0 Å². The van der Waals surface area contributed by atoms with Gasteiger partial charge in [0, 0.05) is 37.7 Å². The van der Waals surface area contributed by atoms with E-state index in [1.807, 2.05) is 28.0 Å². The summed E-state index contributed by atoms with van der Waals surface area (Å²) in [6.07, 6.45) is 5.71. The van der Waals surface area contributed by atoms with Crippen molar-refractivity contribution in [1.29, 1.82) is 0 Å². The number of carbonyl (C=O) groups is 2. The molecular weight excluding hydrogens is 346 g/mol. The Morgan fingerprint density at radius 1 is 1.08 bits per heavy atom. The molecule has 5 rings (SSSR count). The van der Waals surface area contributed by atoms with Crippen LogP contribution in [0.25, 0.3) is 10.2 Å². The number of thiazole rings is 1. The molecule has 2 amide bonds. The Hall–Kier alpha value is -1.95. The first-order valence-electron chi connectivity index (χ1n) is 9.58. The number of fused-ring (bicyclic) bond motifs is 1. The summed E-state index contributed by atoms with van der Waals surface area (Å²) in [5.74, 6) is 0.657. The summed E-state index contributed by atoms with van der Waals surface area (Å²) in [6, 6.07) is 5.74. The van der Waals surface area contributed by atoms with Crippen LogP contribution in [0.4, 0.5) is 0 Å². The molecule has 136 valence electrons. The van der Waals surface area contributed by atoms with Crippen LogP contribution in [-0.4, -0.2) is 52.8 Å². The van der Waals surface area contributed by atoms with Gasteiger partial charge in [0.15, 0.2) is 0 Å². The zero-order chi connectivity index (χ0) is 17.7. The van der Waals surface area contributed by atoms with E-state index in [0.717, 1.165) is 29.6 Å². The summed E-state index contributed by atoms with van der Waals surface area (Å²) in [5, 5.41) is 0. The second kappa shape index (κ2) is 6.05. The molecule has 2 heterocycles. The minimum Gasteiger partial charge on any atom is -0.341 e. The van der Waals surface area contributed by atoms with Gasteiger partial charge >= 0.3 is 0 Å². The van der Waals surface area contributed by atoms with Crippen molar-refractivity contribution in [3.05, 3.63) is 29.3 Å². The lowest BCUT2D eigenvalue weighted by molar-refractivity contribution is -0.133. The van der Waals surface area contributed by atoms with Gasteiger partial charge in [0.1, 0.15) is 0 Å². The second-order valence-corrected chi connectivity index (χ2v) is 8.86. The molecule has 0 radical (unpaired) electrons. The van der Waals surface area contributed by atoms with E-state index in [9.17, 15) is 9.59 Å². The van der Waals surface area contributed by atoms with E-state index in [2.05, 4.69) is 4.98 Å². The molecule has 1 aromatic heterocycles. The van der Waals surface area contributed by atoms with Gasteiger partial charge in [0.2, 0.25) is 5.91 Å². The minimum atomic E-state index is 0.0519. The average molecular weight is 369 g/mol. The molecule has 6 heteroatoms. The molecule has 1 saturated heterocycles. The third kappa shape index (κ3) is 2.62. The van der Waals surface area contributed by atoms with Gasteiger partial charge in [0.05, 0.1) is 15.7 Å². The second-order valence-electron chi connectivity index (χ2n) is 7.98. The Balaban J connectivity index is 1.25. The molecule has 3 fully saturated rings. The normalized spacial score (nSPS) is 24.4. The van der Waals surface area contributed by atoms with Gasteiger partial charge in [0.25, 0.3) is 5.91 Å². The quantitative estimate of drug-likeness (QED) is 0.817. The molecule has 2 saturated carbocycles. The van der Waals surface area contributed by atoms with Gasteiger partial charge in [-0.25, -0.2) is 4.98 Å². The van der Waals surface area contributed by atoms with Gasteiger partial charge in [-0.2, -0.15) is 0 Å². The third-order valence-electron chi connectivity index (χ3n) is 6.51. The van der Waals surface area contributed by atoms with Crippen LogP contribution in [0.3, 0.4) is 0 Å². The molecule has 1 atom stereocenters. The summed E-state index contributed by atoms with van der Waals surface area (Å²) in [5.41, 5.74) is 3.76. The fourth-order valence-electron chi connectivity index (χ4n) is 4.62. The van der Waals surface area contributed by atoms with Crippen LogP contribution in [0, 0.1) is 11.3 Å². The predicted octanol–water partition coefficient (Wildman–Crippen LogP) is 3.16. The molecule has 26 heavy (non-hydrogen) atoms. The molecule has 1 aromatic carbocycles. The molecular formula is C20H23N3O2S. The maximum atomic E-state index is 12.9. The van der Waals surface area contributed by atoms with E-state index in [-0.39, 0.29) is 11.8 Å². The van der Waals surface area contributed by atoms with Crippen molar-refractivity contribution in [2.24, 2.45) is 11.3 Å². The molecule has 2 aromatic rings. The molecule has 3 aliphatic rings. The van der Waals surface area contributed by atoms with Crippen molar-refractivity contribution in [2.45, 2.75) is 32.1 Å². The summed E-state index contributed by atoms with van der Waals surface area (Å²) in [6.45, 7) is 2.78. The Labute approximate surface area is 157 Å². The zero-order valence-electron chi connectivity index (χ0n) is 14.8. The van der Waals surface area contributed by atoms with E-state index < -0.39 is 0 Å². The van der Waals surface area contributed by atoms with Crippen LogP contribution in [0.15, 0.2) is 23.7 Å². The van der Waals surface area contributed by atoms with E-state index in [0.29, 0.717) is 36.5 Å². The van der Waals surface area contributed by atoms with Crippen molar-refractivity contribution in [1.82, 2.24) is 14.8 Å². The Kier molecular flexibility index (Phi) is 3.78. The average Bonchev–Trinajstić information content (AvgIpc) is 3.31. The van der Waals surface area contributed by atoms with Gasteiger partial charge in [-0.3, -0.25) is 9.59 Å². The van der Waals surface area contributed by atoms with Gasteiger partial charge in [-0.05, 0) is 49.3 Å². The van der Waals surface area contributed by atoms with Crippen molar-refractivity contribution < 1.29 is 9.59 Å². The summed E-state index contributed by atoms with van der Waals surface area (Å²) in [4.78, 5) is 33.9. The van der Waals surface area contributed by atoms with Crippen molar-refractivity contribution >= 4 is 33.4 Å². The van der Waals surface area contributed by atoms with Gasteiger partial charge < -0.3 is 9.80 Å². The number of carbonyl (C=O) groups excluding carboxylic acids is 2. The lowest BCUT2D eigenvalue weighted by Gasteiger charge is -2.28. The maximum absolute atomic E-state index is 12.9. The Morgan fingerprint density at radius 3 is 2.65 bits per heavy atom. The van der Waals surface area contributed by atoms with Crippen LogP contribution >= 0.6 is 11.3 Å². The molecule has 5 nitrogen and oxygen atoms in total. The lowest BCUT2D eigenvalue weighted by atomic mass is 9.79. The van der Waals surface area contributed by atoms with Crippen LogP contribution in [-0.2, 0) is 4.79 Å². The largest absolute Gasteiger partial charge is 0.341 e. The first kappa shape index (κ1) is 16.2. The first-order chi connectivity index (χ1) is 12.7. The number of hydrogen-bond donors (Lipinski definition) is 0. The number of aromatic nitrogens is 1. The molecule has 0 bridgehead atoms. The van der Waals surface area contributed by atoms with Gasteiger partial charge in [-0.15, -0.1) is 11.3 Å². The topological polar surface area (TPSA) is 53.5 Å². The third-order valence-corrected chi connectivity index (χ3v) is 7.32. The minimum absolute atomic E-state index is 0.0519. The number of benzene rings is 1. The van der Waals surface area contributed by atoms with E-state index in [4.69, 9.17) is 0 Å². The highest BCUT2D eigenvalue weighted by atomic mass is 32.1. The van der Waals surface area contributed by atoms with Crippen LogP contribution < -0.4 is 0 Å². The molecule has 0 N–H and O–H groups in total. The lowest BCUT2D eigenvalue weighted by Crippen LogP contribution is -2.39. The van der Waals surface area contributed by atoms with E-state index in [1.54, 1.807) is 16.8 Å². The Morgan fingerprint density at radius 2 is 1.88 bits per heavy atom. The fraction of sp³-hybridized carbons (Fsp3) is 0.550. The molecule has 1 spiro atoms. The van der Waals surface area contributed by atoms with E-state index >= 15 is 0 Å². The predicted molar refractivity (Wildman–Crippen MR) is 101 cm³/mol. The summed E-state index contributed by atoms with van der Waals surface area (Å²) in [7, 11) is 0. The standard InChI is InChI=1S/C20H23N3O2S/c24-18(14-3-4-17-16(11-14)21-13-26-17)22-7-2-8-23(10-9-22)19(25)15-12-20(15)5-1-6-20/h3-4,11,13,15H,1-2,5-10,12H2. The van der Waals surface area contributed by atoms with Crippen LogP contribution in [0.1, 0.15) is 42.5 Å². The van der Waals surface area contributed by atoms with E-state index in [1.165, 1.54) is 19.3 Å². The Bertz CT molecular complexity index is 873. The summed E-state index contributed by atoms with van der Waals surface area (Å²) < 4.78 is 1.10. The monoisotopic (exact) mass is 369 g/mol. The zero-order valence-corrected chi connectivity index (χ0v) is 15.6. The van der Waals surface area contributed by atoms with Crippen LogP contribution in [0.2, 0.25) is 0 Å². The van der Waals surface area contributed by atoms with Crippen molar-refractivity contribution in [3.63, 3.8) is 0 Å². The smallest absolute Gasteiger partial charge is 0.253 e. The number of nitrogens with zero attached hydrogens (tertiary/aromatic N) is 3. The van der Waals surface area contributed by atoms with Gasteiger partial charge in [-0.1, -0.05) is 6.42 Å². The highest BCUT2D eigenvalue weighted by molar-refractivity contribution is 7.16. The highest BCUT2D eigenvalue weighted by Crippen LogP contribution is 2.65. The molecule has 1 aliphatic heterocycles. The number of hydrogen-bond acceptors (Lipinski definition) is 4. The fourth-order valence-corrected chi connectivity index (χ4v) is 5.27. The molecule has 2 aliphatic carbocycles. The maximum Gasteiger partial charge on any atom is 0.253 e. The highest BCUT2D eigenvalue weighted by Gasteiger charge is 2.61. The number of rotatable bonds is 2. The summed E-state index contributed by atoms with van der Waals surface area (Å²) >= 11 is 1.58. The molecule has 1 unspecified atom stereocenters. The SMILES string of the molecule is O=C(c1ccc2scnc2c1)N1CCCN(C(=O)C2CC23CCC3)CC1. The van der Waals surface area contributed by atoms with Crippen molar-refractivity contribution in [2.75, 3.05) is 26.2 Å². The first-order valence-corrected chi connectivity index (χ1v) is 10.5.